The third-order valence-corrected chi connectivity index (χ3v) is 3.45. The summed E-state index contributed by atoms with van der Waals surface area (Å²) in [6.07, 6.45) is 3.77. The van der Waals surface area contributed by atoms with Crippen LogP contribution in [0.15, 0.2) is 24.5 Å². The molecular weight excluding hydrogens is 218 g/mol. The van der Waals surface area contributed by atoms with Crippen LogP contribution in [-0.4, -0.2) is 9.97 Å². The zero-order valence-electron chi connectivity index (χ0n) is 9.69. The number of aromatic nitrogens is 2. The highest BCUT2D eigenvalue weighted by molar-refractivity contribution is 7.15. The lowest BCUT2D eigenvalue weighted by Gasteiger charge is -2.01. The summed E-state index contributed by atoms with van der Waals surface area (Å²) >= 11 is 1.68. The summed E-state index contributed by atoms with van der Waals surface area (Å²) < 4.78 is 0. The smallest absolute Gasteiger partial charge is 0.188 e. The minimum atomic E-state index is 0.527. The number of nitrogens with zero attached hydrogens (tertiary/aromatic N) is 2. The van der Waals surface area contributed by atoms with Crippen molar-refractivity contribution in [1.82, 2.24) is 9.97 Å². The van der Waals surface area contributed by atoms with Gasteiger partial charge in [-0.15, -0.1) is 11.3 Å². The lowest BCUT2D eigenvalue weighted by molar-refractivity contribution is 0.885. The lowest BCUT2D eigenvalue weighted by Crippen LogP contribution is -1.91. The van der Waals surface area contributed by atoms with Crippen molar-refractivity contribution < 1.29 is 0 Å². The second kappa shape index (κ2) is 4.61. The van der Waals surface area contributed by atoms with Crippen molar-refractivity contribution in [1.29, 1.82) is 0 Å². The Morgan fingerprint density at radius 2 is 2.00 bits per heavy atom. The monoisotopic (exact) mass is 233 g/mol. The average Bonchev–Trinajstić information content (AvgIpc) is 2.70. The van der Waals surface area contributed by atoms with Crippen LogP contribution in [0.3, 0.4) is 0 Å². The Balaban J connectivity index is 2.11. The first-order chi connectivity index (χ1) is 7.65. The fraction of sp³-hybridized carbons (Fsp3) is 0.333. The van der Waals surface area contributed by atoms with E-state index in [4.69, 9.17) is 0 Å². The van der Waals surface area contributed by atoms with Gasteiger partial charge < -0.3 is 5.32 Å². The highest BCUT2D eigenvalue weighted by atomic mass is 32.1. The van der Waals surface area contributed by atoms with Crippen LogP contribution in [0.5, 0.6) is 0 Å². The zero-order chi connectivity index (χ0) is 11.5. The van der Waals surface area contributed by atoms with E-state index in [0.29, 0.717) is 5.92 Å². The molecule has 4 heteroatoms. The first-order valence-electron chi connectivity index (χ1n) is 5.30. The summed E-state index contributed by atoms with van der Waals surface area (Å²) in [5, 5.41) is 4.11. The Morgan fingerprint density at radius 1 is 1.19 bits per heavy atom. The van der Waals surface area contributed by atoms with E-state index in [9.17, 15) is 0 Å². The standard InChI is InChI=1S/C12H15N3S/c1-8(2)10-7-14-12(16-10)15-11-5-4-9(3)6-13-11/h4-8H,1-3H3,(H,13,14,15). The van der Waals surface area contributed by atoms with Crippen LogP contribution in [0.2, 0.25) is 0 Å². The van der Waals surface area contributed by atoms with Crippen LogP contribution in [0.1, 0.15) is 30.2 Å². The van der Waals surface area contributed by atoms with Gasteiger partial charge in [0.2, 0.25) is 0 Å². The molecule has 16 heavy (non-hydrogen) atoms. The molecule has 0 saturated carbocycles. The van der Waals surface area contributed by atoms with Crippen molar-refractivity contribution in [2.45, 2.75) is 26.7 Å². The second-order valence-corrected chi connectivity index (χ2v) is 5.13. The zero-order valence-corrected chi connectivity index (χ0v) is 10.5. The Hall–Kier alpha value is -1.42. The van der Waals surface area contributed by atoms with E-state index >= 15 is 0 Å². The lowest BCUT2D eigenvalue weighted by atomic mass is 10.2. The fourth-order valence-electron chi connectivity index (χ4n) is 1.26. The molecule has 0 aromatic carbocycles. The summed E-state index contributed by atoms with van der Waals surface area (Å²) in [5.74, 6) is 1.37. The molecule has 0 radical (unpaired) electrons. The van der Waals surface area contributed by atoms with E-state index in [1.165, 1.54) is 4.88 Å². The molecule has 0 unspecified atom stereocenters. The number of pyridine rings is 1. The maximum Gasteiger partial charge on any atom is 0.188 e. The van der Waals surface area contributed by atoms with E-state index in [2.05, 4.69) is 29.1 Å². The van der Waals surface area contributed by atoms with Gasteiger partial charge in [0.25, 0.3) is 0 Å². The Morgan fingerprint density at radius 3 is 2.56 bits per heavy atom. The molecule has 0 aliphatic carbocycles. The Kier molecular flexibility index (Phi) is 3.19. The summed E-state index contributed by atoms with van der Waals surface area (Å²) in [5.41, 5.74) is 1.16. The van der Waals surface area contributed by atoms with Crippen molar-refractivity contribution >= 4 is 22.3 Å². The van der Waals surface area contributed by atoms with Crippen molar-refractivity contribution in [3.8, 4) is 0 Å². The van der Waals surface area contributed by atoms with Crippen molar-refractivity contribution in [3.05, 3.63) is 35.0 Å². The molecule has 2 aromatic rings. The summed E-state index contributed by atoms with van der Waals surface area (Å²) in [6, 6.07) is 4.00. The number of thiazole rings is 1. The Bertz CT molecular complexity index is 459. The number of nitrogens with one attached hydrogen (secondary N) is 1. The largest absolute Gasteiger partial charge is 0.316 e. The van der Waals surface area contributed by atoms with Gasteiger partial charge in [-0.05, 0) is 24.5 Å². The molecule has 3 nitrogen and oxygen atoms in total. The molecule has 2 heterocycles. The fourth-order valence-corrected chi connectivity index (χ4v) is 2.09. The van der Waals surface area contributed by atoms with Gasteiger partial charge in [0.1, 0.15) is 5.82 Å². The minimum Gasteiger partial charge on any atom is -0.316 e. The van der Waals surface area contributed by atoms with Crippen LogP contribution in [0.4, 0.5) is 10.9 Å². The average molecular weight is 233 g/mol. The van der Waals surface area contributed by atoms with Gasteiger partial charge in [-0.1, -0.05) is 19.9 Å². The summed E-state index contributed by atoms with van der Waals surface area (Å²) in [7, 11) is 0. The van der Waals surface area contributed by atoms with Gasteiger partial charge in [0.05, 0.1) is 0 Å². The molecule has 84 valence electrons. The molecule has 0 bridgehead atoms. The molecule has 0 spiro atoms. The summed E-state index contributed by atoms with van der Waals surface area (Å²) in [4.78, 5) is 9.89. The van der Waals surface area contributed by atoms with Crippen molar-refractivity contribution in [2.24, 2.45) is 0 Å². The maximum absolute atomic E-state index is 4.32. The molecule has 2 aromatic heterocycles. The number of aryl methyl sites for hydroxylation is 1. The maximum atomic E-state index is 4.32. The molecule has 2 rings (SSSR count). The summed E-state index contributed by atoms with van der Waals surface area (Å²) in [6.45, 7) is 6.36. The molecule has 0 fully saturated rings. The second-order valence-electron chi connectivity index (χ2n) is 4.07. The van der Waals surface area contributed by atoms with E-state index in [-0.39, 0.29) is 0 Å². The van der Waals surface area contributed by atoms with Gasteiger partial charge in [-0.3, -0.25) is 0 Å². The molecule has 0 aliphatic heterocycles. The van der Waals surface area contributed by atoms with Gasteiger partial charge in [0.15, 0.2) is 5.13 Å². The predicted octanol–water partition coefficient (Wildman–Crippen LogP) is 3.71. The van der Waals surface area contributed by atoms with E-state index < -0.39 is 0 Å². The van der Waals surface area contributed by atoms with Crippen LogP contribution in [0, 0.1) is 6.92 Å². The number of anilines is 2. The molecule has 1 N–H and O–H groups in total. The number of rotatable bonds is 3. The minimum absolute atomic E-state index is 0.527. The van der Waals surface area contributed by atoms with E-state index in [1.807, 2.05) is 31.5 Å². The SMILES string of the molecule is Cc1ccc(Nc2ncc(C(C)C)s2)nc1. The van der Waals surface area contributed by atoms with E-state index in [1.54, 1.807) is 11.3 Å². The van der Waals surface area contributed by atoms with Crippen LogP contribution in [-0.2, 0) is 0 Å². The van der Waals surface area contributed by atoms with Gasteiger partial charge in [0, 0.05) is 17.3 Å². The third kappa shape index (κ3) is 2.58. The van der Waals surface area contributed by atoms with Gasteiger partial charge in [-0.2, -0.15) is 0 Å². The van der Waals surface area contributed by atoms with Crippen LogP contribution >= 0.6 is 11.3 Å². The molecule has 0 atom stereocenters. The quantitative estimate of drug-likeness (QED) is 0.878. The van der Waals surface area contributed by atoms with Crippen molar-refractivity contribution in [2.75, 3.05) is 5.32 Å². The number of hydrogen-bond acceptors (Lipinski definition) is 4. The predicted molar refractivity (Wildman–Crippen MR) is 68.5 cm³/mol. The third-order valence-electron chi connectivity index (χ3n) is 2.24. The molecule has 0 saturated heterocycles. The van der Waals surface area contributed by atoms with Crippen molar-refractivity contribution in [3.63, 3.8) is 0 Å². The number of hydrogen-bond donors (Lipinski definition) is 1. The first-order valence-corrected chi connectivity index (χ1v) is 6.12. The molecule has 0 aliphatic rings. The molecule has 0 amide bonds. The highest BCUT2D eigenvalue weighted by Gasteiger charge is 2.05. The van der Waals surface area contributed by atoms with Crippen LogP contribution in [0.25, 0.3) is 0 Å². The molecular formula is C12H15N3S. The topological polar surface area (TPSA) is 37.8 Å². The Labute approximate surface area is 99.6 Å². The first kappa shape index (κ1) is 11.1. The van der Waals surface area contributed by atoms with Crippen LogP contribution < -0.4 is 5.32 Å². The highest BCUT2D eigenvalue weighted by Crippen LogP contribution is 2.26. The van der Waals surface area contributed by atoms with Gasteiger partial charge >= 0.3 is 0 Å². The normalized spacial score (nSPS) is 10.8. The van der Waals surface area contributed by atoms with Gasteiger partial charge in [-0.25, -0.2) is 9.97 Å². The van der Waals surface area contributed by atoms with E-state index in [0.717, 1.165) is 16.5 Å².